The first kappa shape index (κ1) is 9.26. The van der Waals surface area contributed by atoms with Crippen molar-refractivity contribution in [2.24, 2.45) is 0 Å². The lowest BCUT2D eigenvalue weighted by Crippen LogP contribution is -2.38. The van der Waals surface area contributed by atoms with Crippen LogP contribution < -0.4 is 5.32 Å². The number of hydrogen-bond acceptors (Lipinski definition) is 2. The molecule has 0 saturated carbocycles. The van der Waals surface area contributed by atoms with Crippen molar-refractivity contribution in [3.05, 3.63) is 12.7 Å². The third-order valence-corrected chi connectivity index (χ3v) is 2.00. The molecule has 3 nitrogen and oxygen atoms in total. The first-order valence-electron chi connectivity index (χ1n) is 4.44. The molecule has 0 unspecified atom stereocenters. The SMILES string of the molecule is C=CCN1CCCNCCC1=O. The van der Waals surface area contributed by atoms with Gasteiger partial charge in [-0.3, -0.25) is 4.79 Å². The Bertz CT molecular complexity index is 168. The summed E-state index contributed by atoms with van der Waals surface area (Å²) in [5.41, 5.74) is 0. The lowest BCUT2D eigenvalue weighted by atomic mass is 10.2. The molecule has 0 aromatic carbocycles. The molecule has 3 heteroatoms. The third-order valence-electron chi connectivity index (χ3n) is 2.00. The predicted molar refractivity (Wildman–Crippen MR) is 48.9 cm³/mol. The maximum Gasteiger partial charge on any atom is 0.224 e. The van der Waals surface area contributed by atoms with E-state index in [1.54, 1.807) is 6.08 Å². The molecule has 1 aliphatic heterocycles. The van der Waals surface area contributed by atoms with Crippen molar-refractivity contribution in [2.75, 3.05) is 26.2 Å². The van der Waals surface area contributed by atoms with E-state index >= 15 is 0 Å². The van der Waals surface area contributed by atoms with Crippen molar-refractivity contribution >= 4 is 5.91 Å². The number of amides is 1. The fourth-order valence-corrected chi connectivity index (χ4v) is 1.35. The molecule has 0 spiro atoms. The van der Waals surface area contributed by atoms with Crippen LogP contribution in [0.1, 0.15) is 12.8 Å². The van der Waals surface area contributed by atoms with Crippen molar-refractivity contribution in [1.82, 2.24) is 10.2 Å². The van der Waals surface area contributed by atoms with Crippen molar-refractivity contribution in [2.45, 2.75) is 12.8 Å². The van der Waals surface area contributed by atoms with Crippen molar-refractivity contribution in [3.63, 3.8) is 0 Å². The highest BCUT2D eigenvalue weighted by Gasteiger charge is 2.12. The Labute approximate surface area is 73.4 Å². The summed E-state index contributed by atoms with van der Waals surface area (Å²) in [6.45, 7) is 7.01. The van der Waals surface area contributed by atoms with E-state index in [4.69, 9.17) is 0 Å². The highest BCUT2D eigenvalue weighted by Crippen LogP contribution is 1.98. The second-order valence-corrected chi connectivity index (χ2v) is 2.98. The van der Waals surface area contributed by atoms with Gasteiger partial charge in [-0.05, 0) is 13.0 Å². The molecular weight excluding hydrogens is 152 g/mol. The average Bonchev–Trinajstić information content (AvgIpc) is 2.05. The standard InChI is InChI=1S/C9H16N2O/c1-2-7-11-8-3-5-10-6-4-9(11)12/h2,10H,1,3-8H2. The summed E-state index contributed by atoms with van der Waals surface area (Å²) in [7, 11) is 0. The Kier molecular flexibility index (Phi) is 3.80. The van der Waals surface area contributed by atoms with Crippen LogP contribution in [0.2, 0.25) is 0 Å². The lowest BCUT2D eigenvalue weighted by Gasteiger charge is -2.23. The maximum atomic E-state index is 11.4. The Morgan fingerprint density at radius 3 is 3.17 bits per heavy atom. The first-order chi connectivity index (χ1) is 5.84. The van der Waals surface area contributed by atoms with Crippen molar-refractivity contribution in [3.8, 4) is 0 Å². The van der Waals surface area contributed by atoms with E-state index in [-0.39, 0.29) is 5.91 Å². The van der Waals surface area contributed by atoms with Gasteiger partial charge in [-0.2, -0.15) is 0 Å². The zero-order chi connectivity index (χ0) is 8.81. The van der Waals surface area contributed by atoms with E-state index in [0.29, 0.717) is 13.0 Å². The van der Waals surface area contributed by atoms with Gasteiger partial charge in [0, 0.05) is 26.1 Å². The minimum Gasteiger partial charge on any atom is -0.339 e. The van der Waals surface area contributed by atoms with E-state index < -0.39 is 0 Å². The Morgan fingerprint density at radius 1 is 1.58 bits per heavy atom. The molecule has 0 radical (unpaired) electrons. The number of carbonyl (C=O) groups excluding carboxylic acids is 1. The lowest BCUT2D eigenvalue weighted by molar-refractivity contribution is -0.131. The summed E-state index contributed by atoms with van der Waals surface area (Å²) in [4.78, 5) is 13.3. The summed E-state index contributed by atoms with van der Waals surface area (Å²) < 4.78 is 0. The van der Waals surface area contributed by atoms with Gasteiger partial charge in [-0.1, -0.05) is 6.08 Å². The number of hydrogen-bond donors (Lipinski definition) is 1. The van der Waals surface area contributed by atoms with Gasteiger partial charge >= 0.3 is 0 Å². The summed E-state index contributed by atoms with van der Waals surface area (Å²) in [6, 6.07) is 0. The fraction of sp³-hybridized carbons (Fsp3) is 0.667. The third kappa shape index (κ3) is 2.66. The Hall–Kier alpha value is -0.830. The van der Waals surface area contributed by atoms with Gasteiger partial charge < -0.3 is 10.2 Å². The van der Waals surface area contributed by atoms with Crippen LogP contribution in [0.15, 0.2) is 12.7 Å². The highest BCUT2D eigenvalue weighted by molar-refractivity contribution is 5.76. The van der Waals surface area contributed by atoms with Gasteiger partial charge in [0.2, 0.25) is 5.91 Å². The van der Waals surface area contributed by atoms with Gasteiger partial charge in [0.25, 0.3) is 0 Å². The van der Waals surface area contributed by atoms with Gasteiger partial charge in [-0.25, -0.2) is 0 Å². The topological polar surface area (TPSA) is 32.3 Å². The number of nitrogens with one attached hydrogen (secondary N) is 1. The molecule has 0 aliphatic carbocycles. The molecule has 1 fully saturated rings. The van der Waals surface area contributed by atoms with Crippen LogP contribution in [0, 0.1) is 0 Å². The van der Waals surface area contributed by atoms with Crippen LogP contribution in [0.4, 0.5) is 0 Å². The maximum absolute atomic E-state index is 11.4. The molecule has 1 amide bonds. The predicted octanol–water partition coefficient (Wildman–Crippen LogP) is 0.384. The fourth-order valence-electron chi connectivity index (χ4n) is 1.35. The summed E-state index contributed by atoms with van der Waals surface area (Å²) >= 11 is 0. The van der Waals surface area contributed by atoms with E-state index in [9.17, 15) is 4.79 Å². The zero-order valence-corrected chi connectivity index (χ0v) is 7.38. The summed E-state index contributed by atoms with van der Waals surface area (Å²) in [5, 5.41) is 3.21. The van der Waals surface area contributed by atoms with Crippen molar-refractivity contribution in [1.29, 1.82) is 0 Å². The minimum atomic E-state index is 0.238. The molecule has 1 N–H and O–H groups in total. The van der Waals surface area contributed by atoms with Crippen LogP contribution >= 0.6 is 0 Å². The van der Waals surface area contributed by atoms with Crippen LogP contribution in [0.3, 0.4) is 0 Å². The molecule has 0 aromatic rings. The number of nitrogens with zero attached hydrogens (tertiary/aromatic N) is 1. The van der Waals surface area contributed by atoms with Crippen LogP contribution in [-0.4, -0.2) is 37.0 Å². The Balaban J connectivity index is 2.42. The normalized spacial score (nSPS) is 20.0. The number of carbonyl (C=O) groups is 1. The van der Waals surface area contributed by atoms with E-state index in [2.05, 4.69) is 11.9 Å². The largest absolute Gasteiger partial charge is 0.339 e. The van der Waals surface area contributed by atoms with Gasteiger partial charge in [0.15, 0.2) is 0 Å². The molecule has 0 bridgehead atoms. The average molecular weight is 168 g/mol. The quantitative estimate of drug-likeness (QED) is 0.605. The second-order valence-electron chi connectivity index (χ2n) is 2.98. The molecule has 1 aliphatic rings. The van der Waals surface area contributed by atoms with Gasteiger partial charge in [0.05, 0.1) is 0 Å². The van der Waals surface area contributed by atoms with Gasteiger partial charge in [0.1, 0.15) is 0 Å². The van der Waals surface area contributed by atoms with E-state index in [0.717, 1.165) is 26.1 Å². The molecule has 68 valence electrons. The van der Waals surface area contributed by atoms with E-state index in [1.165, 1.54) is 0 Å². The van der Waals surface area contributed by atoms with Crippen LogP contribution in [0.5, 0.6) is 0 Å². The first-order valence-corrected chi connectivity index (χ1v) is 4.44. The minimum absolute atomic E-state index is 0.238. The summed E-state index contributed by atoms with van der Waals surface area (Å²) in [6.07, 6.45) is 3.44. The Morgan fingerprint density at radius 2 is 2.42 bits per heavy atom. The van der Waals surface area contributed by atoms with E-state index in [1.807, 2.05) is 4.90 Å². The molecular formula is C9H16N2O. The molecule has 1 rings (SSSR count). The molecule has 1 saturated heterocycles. The van der Waals surface area contributed by atoms with Crippen LogP contribution in [-0.2, 0) is 4.79 Å². The van der Waals surface area contributed by atoms with Gasteiger partial charge in [-0.15, -0.1) is 6.58 Å². The number of rotatable bonds is 2. The molecule has 1 heterocycles. The highest BCUT2D eigenvalue weighted by atomic mass is 16.2. The molecule has 12 heavy (non-hydrogen) atoms. The molecule has 0 atom stereocenters. The smallest absolute Gasteiger partial charge is 0.224 e. The second kappa shape index (κ2) is 4.93. The molecule has 0 aromatic heterocycles. The zero-order valence-electron chi connectivity index (χ0n) is 7.38. The summed E-state index contributed by atoms with van der Waals surface area (Å²) in [5.74, 6) is 0.238. The van der Waals surface area contributed by atoms with Crippen LogP contribution in [0.25, 0.3) is 0 Å². The van der Waals surface area contributed by atoms with Crippen molar-refractivity contribution < 1.29 is 4.79 Å². The monoisotopic (exact) mass is 168 g/mol.